The molecule has 2 rings (SSSR count). The third-order valence-corrected chi connectivity index (χ3v) is 2.77. The fourth-order valence-corrected chi connectivity index (χ4v) is 1.68. The van der Waals surface area contributed by atoms with Gasteiger partial charge in [-0.1, -0.05) is 18.2 Å². The number of benzene rings is 2. The van der Waals surface area contributed by atoms with Crippen molar-refractivity contribution in [3.05, 3.63) is 54.1 Å². The van der Waals surface area contributed by atoms with E-state index >= 15 is 0 Å². The Bertz CT molecular complexity index is 595. The molecule has 0 atom stereocenters. The number of rotatable bonds is 6. The van der Waals surface area contributed by atoms with Gasteiger partial charge < -0.3 is 20.3 Å². The van der Waals surface area contributed by atoms with Crippen molar-refractivity contribution >= 4 is 11.7 Å². The van der Waals surface area contributed by atoms with Crippen molar-refractivity contribution in [1.29, 1.82) is 0 Å². The molecule has 0 aliphatic rings. The van der Waals surface area contributed by atoms with Gasteiger partial charge in [-0.2, -0.15) is 0 Å². The number of ether oxygens (including phenoxy) is 2. The van der Waals surface area contributed by atoms with Crippen molar-refractivity contribution in [2.75, 3.05) is 12.3 Å². The average Bonchev–Trinajstić information content (AvgIpc) is 2.47. The maximum Gasteiger partial charge on any atom is 0.309 e. The number of hydrogen-bond donors (Lipinski definition) is 2. The van der Waals surface area contributed by atoms with E-state index < -0.39 is 0 Å². The lowest BCUT2D eigenvalue weighted by molar-refractivity contribution is -0.145. The third kappa shape index (κ3) is 5.06. The Morgan fingerprint density at radius 3 is 2.62 bits per heavy atom. The number of hydrogen-bond acceptors (Lipinski definition) is 5. The molecule has 0 saturated heterocycles. The maximum absolute atomic E-state index is 11.6. The smallest absolute Gasteiger partial charge is 0.309 e. The lowest BCUT2D eigenvalue weighted by atomic mass is 10.2. The van der Waals surface area contributed by atoms with Crippen LogP contribution in [-0.4, -0.2) is 17.7 Å². The van der Waals surface area contributed by atoms with Crippen molar-refractivity contribution < 1.29 is 19.4 Å². The first kappa shape index (κ1) is 14.7. The van der Waals surface area contributed by atoms with Gasteiger partial charge in [0.1, 0.15) is 18.1 Å². The Morgan fingerprint density at radius 1 is 1.14 bits per heavy atom. The molecule has 0 aromatic heterocycles. The monoisotopic (exact) mass is 287 g/mol. The minimum absolute atomic E-state index is 0.160. The zero-order valence-electron chi connectivity index (χ0n) is 11.5. The zero-order valence-corrected chi connectivity index (χ0v) is 11.5. The zero-order chi connectivity index (χ0) is 15.1. The molecule has 2 aromatic carbocycles. The van der Waals surface area contributed by atoms with Gasteiger partial charge in [-0.05, 0) is 29.8 Å². The van der Waals surface area contributed by atoms with E-state index in [2.05, 4.69) is 0 Å². The van der Waals surface area contributed by atoms with Crippen LogP contribution < -0.4 is 10.5 Å². The number of phenols is 1. The molecule has 0 saturated carbocycles. The molecular formula is C16H17NO4. The van der Waals surface area contributed by atoms with Gasteiger partial charge in [0.25, 0.3) is 0 Å². The maximum atomic E-state index is 11.6. The fraction of sp³-hybridized carbons (Fsp3) is 0.188. The van der Waals surface area contributed by atoms with Gasteiger partial charge in [-0.15, -0.1) is 0 Å². The quantitative estimate of drug-likeness (QED) is 0.630. The van der Waals surface area contributed by atoms with Crippen LogP contribution in [0.3, 0.4) is 0 Å². The molecule has 2 aromatic rings. The molecule has 0 unspecified atom stereocenters. The Kier molecular flexibility index (Phi) is 5.04. The standard InChI is InChI=1S/C16H17NO4/c17-13-2-1-3-15(10-13)20-9-8-16(19)21-11-12-4-6-14(18)7-5-12/h1-7,10,18H,8-9,11,17H2. The second-order valence-electron chi connectivity index (χ2n) is 4.50. The Balaban J connectivity index is 1.69. The van der Waals surface area contributed by atoms with Crippen LogP contribution >= 0.6 is 0 Å². The van der Waals surface area contributed by atoms with Crippen LogP contribution in [0.25, 0.3) is 0 Å². The minimum atomic E-state index is -0.341. The van der Waals surface area contributed by atoms with Gasteiger partial charge in [0.05, 0.1) is 13.0 Å². The van der Waals surface area contributed by atoms with Crippen LogP contribution in [0.5, 0.6) is 11.5 Å². The van der Waals surface area contributed by atoms with Crippen molar-refractivity contribution in [2.45, 2.75) is 13.0 Å². The first-order valence-corrected chi connectivity index (χ1v) is 6.55. The van der Waals surface area contributed by atoms with Crippen LogP contribution in [0.1, 0.15) is 12.0 Å². The number of carbonyl (C=O) groups excluding carboxylic acids is 1. The molecule has 0 aliphatic heterocycles. The fourth-order valence-electron chi connectivity index (χ4n) is 1.68. The van der Waals surface area contributed by atoms with Crippen LogP contribution in [0, 0.1) is 0 Å². The predicted octanol–water partition coefficient (Wildman–Crippen LogP) is 2.49. The van der Waals surface area contributed by atoms with Crippen LogP contribution in [0.4, 0.5) is 5.69 Å². The Labute approximate surface area is 122 Å². The number of anilines is 1. The highest BCUT2D eigenvalue weighted by atomic mass is 16.5. The van der Waals surface area contributed by atoms with Gasteiger partial charge in [0.15, 0.2) is 0 Å². The number of phenolic OH excluding ortho intramolecular Hbond substituents is 1. The second-order valence-corrected chi connectivity index (χ2v) is 4.50. The summed E-state index contributed by atoms with van der Waals surface area (Å²) in [5.41, 5.74) is 7.05. The molecule has 110 valence electrons. The molecule has 0 aliphatic carbocycles. The molecule has 0 amide bonds. The first-order chi connectivity index (χ1) is 10.1. The molecular weight excluding hydrogens is 270 g/mol. The summed E-state index contributed by atoms with van der Waals surface area (Å²) in [5, 5.41) is 9.14. The predicted molar refractivity (Wildman–Crippen MR) is 78.9 cm³/mol. The van der Waals surface area contributed by atoms with Crippen molar-refractivity contribution in [2.24, 2.45) is 0 Å². The summed E-state index contributed by atoms with van der Waals surface area (Å²) in [7, 11) is 0. The highest BCUT2D eigenvalue weighted by Gasteiger charge is 2.04. The highest BCUT2D eigenvalue weighted by molar-refractivity contribution is 5.69. The lowest BCUT2D eigenvalue weighted by Crippen LogP contribution is -2.10. The van der Waals surface area contributed by atoms with Crippen molar-refractivity contribution in [1.82, 2.24) is 0 Å². The third-order valence-electron chi connectivity index (χ3n) is 2.77. The number of nitrogen functional groups attached to an aromatic ring is 1. The van der Waals surface area contributed by atoms with Gasteiger partial charge in [0, 0.05) is 11.8 Å². The average molecular weight is 287 g/mol. The Morgan fingerprint density at radius 2 is 1.90 bits per heavy atom. The van der Waals surface area contributed by atoms with E-state index in [9.17, 15) is 4.79 Å². The number of aromatic hydroxyl groups is 1. The largest absolute Gasteiger partial charge is 0.508 e. The summed E-state index contributed by atoms with van der Waals surface area (Å²) >= 11 is 0. The summed E-state index contributed by atoms with van der Waals surface area (Å²) < 4.78 is 10.5. The van der Waals surface area contributed by atoms with Gasteiger partial charge in [0.2, 0.25) is 0 Å². The highest BCUT2D eigenvalue weighted by Crippen LogP contribution is 2.15. The van der Waals surface area contributed by atoms with E-state index in [0.717, 1.165) is 5.56 Å². The topological polar surface area (TPSA) is 81.8 Å². The van der Waals surface area contributed by atoms with Crippen LogP contribution in [0.15, 0.2) is 48.5 Å². The summed E-state index contributed by atoms with van der Waals surface area (Å²) in [6.07, 6.45) is 0.160. The first-order valence-electron chi connectivity index (χ1n) is 6.55. The number of nitrogens with two attached hydrogens (primary N) is 1. The lowest BCUT2D eigenvalue weighted by Gasteiger charge is -2.07. The van der Waals surface area contributed by atoms with Crippen molar-refractivity contribution in [3.63, 3.8) is 0 Å². The van der Waals surface area contributed by atoms with E-state index in [-0.39, 0.29) is 31.4 Å². The van der Waals surface area contributed by atoms with E-state index in [4.69, 9.17) is 20.3 Å². The molecule has 0 heterocycles. The summed E-state index contributed by atoms with van der Waals surface area (Å²) in [6, 6.07) is 13.5. The summed E-state index contributed by atoms with van der Waals surface area (Å²) in [4.78, 5) is 11.6. The van der Waals surface area contributed by atoms with E-state index in [1.807, 2.05) is 0 Å². The van der Waals surface area contributed by atoms with Crippen molar-refractivity contribution in [3.8, 4) is 11.5 Å². The molecule has 0 fully saturated rings. The van der Waals surface area contributed by atoms with Gasteiger partial charge in [-0.3, -0.25) is 4.79 Å². The van der Waals surface area contributed by atoms with Gasteiger partial charge in [-0.25, -0.2) is 0 Å². The second kappa shape index (κ2) is 7.19. The summed E-state index contributed by atoms with van der Waals surface area (Å²) in [6.45, 7) is 0.412. The molecule has 0 radical (unpaired) electrons. The SMILES string of the molecule is Nc1cccc(OCCC(=O)OCc2ccc(O)cc2)c1. The molecule has 5 heteroatoms. The van der Waals surface area contributed by atoms with Gasteiger partial charge >= 0.3 is 5.97 Å². The van der Waals surface area contributed by atoms with E-state index in [1.165, 1.54) is 0 Å². The molecule has 5 nitrogen and oxygen atoms in total. The van der Waals surface area contributed by atoms with E-state index in [1.54, 1.807) is 48.5 Å². The summed E-state index contributed by atoms with van der Waals surface area (Å²) in [5.74, 6) is 0.467. The molecule has 3 N–H and O–H groups in total. The normalized spacial score (nSPS) is 10.1. The van der Waals surface area contributed by atoms with Crippen LogP contribution in [0.2, 0.25) is 0 Å². The minimum Gasteiger partial charge on any atom is -0.508 e. The van der Waals surface area contributed by atoms with E-state index in [0.29, 0.717) is 11.4 Å². The molecule has 0 spiro atoms. The Hall–Kier alpha value is -2.69. The molecule has 0 bridgehead atoms. The number of esters is 1. The molecule has 21 heavy (non-hydrogen) atoms. The van der Waals surface area contributed by atoms with Crippen LogP contribution in [-0.2, 0) is 16.1 Å². The number of carbonyl (C=O) groups is 1.